The third-order valence-corrected chi connectivity index (χ3v) is 5.38. The molecule has 1 amide bonds. The summed E-state index contributed by atoms with van der Waals surface area (Å²) < 4.78 is 5.48. The smallest absolute Gasteiger partial charge is 0.259 e. The number of carbonyl (C=O) groups excluding carboxylic acids is 1. The molecule has 6 heteroatoms. The average molecular weight is 342 g/mol. The van der Waals surface area contributed by atoms with E-state index in [1.165, 1.54) is 0 Å². The van der Waals surface area contributed by atoms with Crippen LogP contribution in [0.5, 0.6) is 0 Å². The Hall–Kier alpha value is -1.95. The van der Waals surface area contributed by atoms with E-state index in [1.54, 1.807) is 0 Å². The van der Waals surface area contributed by atoms with Gasteiger partial charge in [0.1, 0.15) is 0 Å². The SMILES string of the molecule is CC(C)c1noc2nc(C3CC3)cc(C(=O)NC3CCNCC3C)c12. The highest BCUT2D eigenvalue weighted by Crippen LogP contribution is 2.41. The molecule has 2 unspecified atom stereocenters. The number of pyridine rings is 1. The number of carbonyl (C=O) groups is 1. The van der Waals surface area contributed by atoms with Crippen LogP contribution >= 0.6 is 0 Å². The number of nitrogens with zero attached hydrogens (tertiary/aromatic N) is 2. The highest BCUT2D eigenvalue weighted by Gasteiger charge is 2.31. The predicted octanol–water partition coefficient (Wildman–Crippen LogP) is 2.95. The Bertz CT molecular complexity index is 794. The zero-order valence-electron chi connectivity index (χ0n) is 15.1. The fourth-order valence-electron chi connectivity index (χ4n) is 3.63. The Labute approximate surface area is 147 Å². The van der Waals surface area contributed by atoms with Gasteiger partial charge in [-0.1, -0.05) is 25.9 Å². The first kappa shape index (κ1) is 16.5. The summed E-state index contributed by atoms with van der Waals surface area (Å²) in [6.45, 7) is 8.17. The molecule has 25 heavy (non-hydrogen) atoms. The second-order valence-corrected chi connectivity index (χ2v) is 7.82. The maximum absolute atomic E-state index is 13.1. The van der Waals surface area contributed by atoms with Crippen molar-refractivity contribution in [2.75, 3.05) is 13.1 Å². The molecule has 1 saturated heterocycles. The quantitative estimate of drug-likeness (QED) is 0.893. The zero-order valence-corrected chi connectivity index (χ0v) is 15.1. The molecule has 1 aliphatic heterocycles. The first-order valence-corrected chi connectivity index (χ1v) is 9.36. The molecule has 2 aromatic heterocycles. The fraction of sp³-hybridized carbons (Fsp3) is 0.632. The lowest BCUT2D eigenvalue weighted by molar-refractivity contribution is 0.0915. The first-order valence-electron chi connectivity index (χ1n) is 9.36. The van der Waals surface area contributed by atoms with Crippen molar-refractivity contribution in [2.45, 2.75) is 57.9 Å². The van der Waals surface area contributed by atoms with Crippen molar-refractivity contribution in [1.29, 1.82) is 0 Å². The minimum absolute atomic E-state index is 0.0295. The predicted molar refractivity (Wildman–Crippen MR) is 95.8 cm³/mol. The molecule has 1 saturated carbocycles. The van der Waals surface area contributed by atoms with E-state index in [1.807, 2.05) is 6.07 Å². The van der Waals surface area contributed by atoms with Gasteiger partial charge in [0.2, 0.25) is 0 Å². The molecule has 0 radical (unpaired) electrons. The van der Waals surface area contributed by atoms with Crippen molar-refractivity contribution in [3.05, 3.63) is 23.0 Å². The van der Waals surface area contributed by atoms with Crippen LogP contribution in [0.3, 0.4) is 0 Å². The molecule has 0 spiro atoms. The van der Waals surface area contributed by atoms with Crippen LogP contribution in [0.4, 0.5) is 0 Å². The third kappa shape index (κ3) is 3.15. The van der Waals surface area contributed by atoms with E-state index >= 15 is 0 Å². The van der Waals surface area contributed by atoms with Crippen LogP contribution < -0.4 is 10.6 Å². The van der Waals surface area contributed by atoms with Crippen molar-refractivity contribution in [1.82, 2.24) is 20.8 Å². The Morgan fingerprint density at radius 3 is 2.84 bits per heavy atom. The Morgan fingerprint density at radius 1 is 1.36 bits per heavy atom. The summed E-state index contributed by atoms with van der Waals surface area (Å²) in [7, 11) is 0. The number of hydrogen-bond acceptors (Lipinski definition) is 5. The van der Waals surface area contributed by atoms with Crippen molar-refractivity contribution >= 4 is 17.0 Å². The van der Waals surface area contributed by atoms with Gasteiger partial charge in [-0.25, -0.2) is 4.98 Å². The lowest BCUT2D eigenvalue weighted by Crippen LogP contribution is -2.48. The molecule has 134 valence electrons. The summed E-state index contributed by atoms with van der Waals surface area (Å²) in [6, 6.07) is 2.16. The molecular weight excluding hydrogens is 316 g/mol. The lowest BCUT2D eigenvalue weighted by atomic mass is 9.94. The van der Waals surface area contributed by atoms with Gasteiger partial charge in [0.05, 0.1) is 16.6 Å². The van der Waals surface area contributed by atoms with Crippen LogP contribution in [0.2, 0.25) is 0 Å². The van der Waals surface area contributed by atoms with Gasteiger partial charge in [-0.05, 0) is 50.3 Å². The molecule has 2 N–H and O–H groups in total. The Balaban J connectivity index is 1.72. The number of rotatable bonds is 4. The van der Waals surface area contributed by atoms with Crippen LogP contribution in [-0.4, -0.2) is 35.2 Å². The molecular formula is C19H26N4O2. The molecule has 2 atom stereocenters. The van der Waals surface area contributed by atoms with E-state index in [4.69, 9.17) is 4.52 Å². The van der Waals surface area contributed by atoms with E-state index in [0.29, 0.717) is 23.1 Å². The Kier molecular flexibility index (Phi) is 4.23. The number of nitrogens with one attached hydrogen (secondary N) is 2. The maximum Gasteiger partial charge on any atom is 0.259 e. The zero-order chi connectivity index (χ0) is 17.6. The maximum atomic E-state index is 13.1. The van der Waals surface area contributed by atoms with E-state index in [9.17, 15) is 4.79 Å². The Morgan fingerprint density at radius 2 is 2.16 bits per heavy atom. The molecule has 0 aromatic carbocycles. The number of hydrogen-bond donors (Lipinski definition) is 2. The molecule has 6 nitrogen and oxygen atoms in total. The summed E-state index contributed by atoms with van der Waals surface area (Å²) in [6.07, 6.45) is 3.23. The molecule has 0 bridgehead atoms. The lowest BCUT2D eigenvalue weighted by Gasteiger charge is -2.30. The van der Waals surface area contributed by atoms with E-state index in [-0.39, 0.29) is 17.9 Å². The first-order chi connectivity index (χ1) is 12.0. The van der Waals surface area contributed by atoms with Crippen molar-refractivity contribution < 1.29 is 9.32 Å². The van der Waals surface area contributed by atoms with Gasteiger partial charge in [0, 0.05) is 17.7 Å². The number of piperidine rings is 1. The molecule has 2 aromatic rings. The summed E-state index contributed by atoms with van der Waals surface area (Å²) in [5.41, 5.74) is 2.94. The van der Waals surface area contributed by atoms with Gasteiger partial charge in [-0.3, -0.25) is 4.79 Å². The highest BCUT2D eigenvalue weighted by atomic mass is 16.5. The van der Waals surface area contributed by atoms with Crippen LogP contribution in [0.25, 0.3) is 11.1 Å². The van der Waals surface area contributed by atoms with Crippen molar-refractivity contribution in [3.8, 4) is 0 Å². The van der Waals surface area contributed by atoms with Crippen LogP contribution in [-0.2, 0) is 0 Å². The van der Waals surface area contributed by atoms with Crippen molar-refractivity contribution in [2.24, 2.45) is 5.92 Å². The molecule has 3 heterocycles. The number of fused-ring (bicyclic) bond motifs is 1. The minimum atomic E-state index is -0.0295. The number of amides is 1. The minimum Gasteiger partial charge on any atom is -0.349 e. The van der Waals surface area contributed by atoms with Crippen molar-refractivity contribution in [3.63, 3.8) is 0 Å². The highest BCUT2D eigenvalue weighted by molar-refractivity contribution is 6.06. The van der Waals surface area contributed by atoms with Gasteiger partial charge in [0.15, 0.2) is 0 Å². The normalized spacial score (nSPS) is 24.0. The standard InChI is InChI=1S/C19H26N4O2/c1-10(2)17-16-13(18(24)21-14-6-7-20-9-11(14)3)8-15(12-4-5-12)22-19(16)25-23-17/h8,10-12,14,20H,4-7,9H2,1-3H3,(H,21,24). The summed E-state index contributed by atoms with van der Waals surface area (Å²) in [4.78, 5) is 17.7. The summed E-state index contributed by atoms with van der Waals surface area (Å²) in [5.74, 6) is 1.03. The van der Waals surface area contributed by atoms with Gasteiger partial charge in [-0.2, -0.15) is 0 Å². The third-order valence-electron chi connectivity index (χ3n) is 5.38. The van der Waals surface area contributed by atoms with Gasteiger partial charge in [0.25, 0.3) is 11.6 Å². The molecule has 2 aliphatic rings. The largest absolute Gasteiger partial charge is 0.349 e. The molecule has 1 aliphatic carbocycles. The van der Waals surface area contributed by atoms with Gasteiger partial charge < -0.3 is 15.2 Å². The molecule has 4 rings (SSSR count). The van der Waals surface area contributed by atoms with Gasteiger partial charge >= 0.3 is 0 Å². The van der Waals surface area contributed by atoms with Gasteiger partial charge in [-0.15, -0.1) is 0 Å². The van der Waals surface area contributed by atoms with Crippen LogP contribution in [0, 0.1) is 5.92 Å². The monoisotopic (exact) mass is 342 g/mol. The van der Waals surface area contributed by atoms with E-state index in [2.05, 4.69) is 41.5 Å². The second-order valence-electron chi connectivity index (χ2n) is 7.82. The average Bonchev–Trinajstić information content (AvgIpc) is 3.35. The van der Waals surface area contributed by atoms with E-state index < -0.39 is 0 Å². The summed E-state index contributed by atoms with van der Waals surface area (Å²) >= 11 is 0. The van der Waals surface area contributed by atoms with Crippen LogP contribution in [0.15, 0.2) is 10.6 Å². The topological polar surface area (TPSA) is 80.0 Å². The van der Waals surface area contributed by atoms with Crippen LogP contribution in [0.1, 0.15) is 73.6 Å². The number of aromatic nitrogens is 2. The second kappa shape index (κ2) is 6.41. The summed E-state index contributed by atoms with van der Waals surface area (Å²) in [5, 5.41) is 11.6. The fourth-order valence-corrected chi connectivity index (χ4v) is 3.63. The molecule has 2 fully saturated rings. The van der Waals surface area contributed by atoms with E-state index in [0.717, 1.165) is 49.1 Å².